The third-order valence-electron chi connectivity index (χ3n) is 6.66. The molecular weight excluding hydrogens is 468 g/mol. The van der Waals surface area contributed by atoms with Gasteiger partial charge in [-0.2, -0.15) is 0 Å². The van der Waals surface area contributed by atoms with Gasteiger partial charge in [-0.1, -0.05) is 12.1 Å². The number of carbonyl (C=O) groups is 1. The third-order valence-corrected chi connectivity index (χ3v) is 6.66. The molecule has 1 fully saturated rings. The smallest absolute Gasteiger partial charge is 0.274 e. The zero-order valence-electron chi connectivity index (χ0n) is 22.2. The second-order valence-corrected chi connectivity index (χ2v) is 8.89. The second-order valence-electron chi connectivity index (χ2n) is 8.89. The lowest BCUT2D eigenvalue weighted by molar-refractivity contribution is 0.0766. The summed E-state index contributed by atoms with van der Waals surface area (Å²) >= 11 is 0. The van der Waals surface area contributed by atoms with Crippen molar-refractivity contribution < 1.29 is 14.3 Å². The summed E-state index contributed by atoms with van der Waals surface area (Å²) in [4.78, 5) is 23.2. The fraction of sp³-hybridized carbons (Fsp3) is 0.429. The lowest BCUT2D eigenvalue weighted by Gasteiger charge is -2.35. The van der Waals surface area contributed by atoms with Crippen molar-refractivity contribution in [3.8, 4) is 22.6 Å². The van der Waals surface area contributed by atoms with Crippen LogP contribution in [0.5, 0.6) is 11.5 Å². The Morgan fingerprint density at radius 3 is 2.38 bits per heavy atom. The molecule has 0 N–H and O–H groups in total. The molecule has 3 heterocycles. The average Bonchev–Trinajstić information content (AvgIpc) is 2.95. The number of aromatic nitrogens is 3. The summed E-state index contributed by atoms with van der Waals surface area (Å²) in [5, 5.41) is 8.55. The van der Waals surface area contributed by atoms with Crippen LogP contribution in [0.4, 0.5) is 5.82 Å². The number of nitrogens with zero attached hydrogens (tertiary/aromatic N) is 6. The summed E-state index contributed by atoms with van der Waals surface area (Å²) in [6.07, 6.45) is 3.56. The van der Waals surface area contributed by atoms with Crippen LogP contribution in [0.25, 0.3) is 11.1 Å². The zero-order valence-corrected chi connectivity index (χ0v) is 22.2. The van der Waals surface area contributed by atoms with Crippen LogP contribution in [-0.4, -0.2) is 83.9 Å². The van der Waals surface area contributed by atoms with Crippen molar-refractivity contribution in [2.24, 2.45) is 0 Å². The number of carbonyl (C=O) groups excluding carboxylic acids is 1. The highest BCUT2D eigenvalue weighted by Crippen LogP contribution is 2.30. The summed E-state index contributed by atoms with van der Waals surface area (Å²) in [7, 11) is 1.71. The molecule has 1 amide bonds. The predicted molar refractivity (Wildman–Crippen MR) is 144 cm³/mol. The molecule has 0 aliphatic carbocycles. The fourth-order valence-electron chi connectivity index (χ4n) is 4.53. The molecule has 1 aliphatic rings. The van der Waals surface area contributed by atoms with E-state index in [4.69, 9.17) is 9.47 Å². The Bertz CT molecular complexity index is 1170. The van der Waals surface area contributed by atoms with Gasteiger partial charge in [-0.25, -0.2) is 0 Å². The Kier molecular flexibility index (Phi) is 8.90. The number of benzene rings is 1. The fourth-order valence-corrected chi connectivity index (χ4v) is 4.53. The minimum absolute atomic E-state index is 0.0768. The first-order chi connectivity index (χ1) is 18.1. The lowest BCUT2D eigenvalue weighted by atomic mass is 10.0. The second kappa shape index (κ2) is 12.5. The minimum Gasteiger partial charge on any atom is -0.496 e. The summed E-state index contributed by atoms with van der Waals surface area (Å²) in [5.41, 5.74) is 3.58. The van der Waals surface area contributed by atoms with Crippen LogP contribution in [-0.2, 0) is 6.54 Å². The van der Waals surface area contributed by atoms with Crippen molar-refractivity contribution >= 4 is 11.7 Å². The molecule has 0 spiro atoms. The van der Waals surface area contributed by atoms with Gasteiger partial charge in [0.05, 0.1) is 19.9 Å². The summed E-state index contributed by atoms with van der Waals surface area (Å²) < 4.78 is 11.3. The molecule has 1 saturated heterocycles. The molecule has 3 aromatic rings. The topological polar surface area (TPSA) is 83.9 Å². The number of hydrogen-bond donors (Lipinski definition) is 0. The molecule has 0 saturated carbocycles. The van der Waals surface area contributed by atoms with Crippen LogP contribution in [0, 0.1) is 0 Å². The van der Waals surface area contributed by atoms with Gasteiger partial charge in [-0.3, -0.25) is 14.7 Å². The van der Waals surface area contributed by atoms with Crippen LogP contribution in [0.2, 0.25) is 0 Å². The standard InChI is InChI=1S/C28H36N6O3/c1-5-33(6-2)28(35)25-10-11-27(31-30-25)34-14-12-32(13-15-34)20-22-9-8-21(17-26(22)36-4)23-16-24(37-7-3)19-29-18-23/h8-11,16-19H,5-7,12-15,20H2,1-4H3. The number of ether oxygens (including phenoxy) is 2. The molecule has 1 aromatic carbocycles. The monoisotopic (exact) mass is 504 g/mol. The average molecular weight is 505 g/mol. The molecule has 0 bridgehead atoms. The van der Waals surface area contributed by atoms with E-state index in [0.29, 0.717) is 25.4 Å². The highest BCUT2D eigenvalue weighted by molar-refractivity contribution is 5.92. The van der Waals surface area contributed by atoms with Crippen molar-refractivity contribution in [3.63, 3.8) is 0 Å². The Hall–Kier alpha value is -3.72. The van der Waals surface area contributed by atoms with Crippen LogP contribution in [0.1, 0.15) is 36.8 Å². The number of amides is 1. The van der Waals surface area contributed by atoms with Crippen molar-refractivity contribution in [3.05, 3.63) is 60.0 Å². The van der Waals surface area contributed by atoms with Crippen molar-refractivity contribution in [1.82, 2.24) is 25.0 Å². The Morgan fingerprint density at radius 1 is 0.946 bits per heavy atom. The van der Waals surface area contributed by atoms with E-state index in [1.807, 2.05) is 39.1 Å². The van der Waals surface area contributed by atoms with E-state index in [9.17, 15) is 4.79 Å². The van der Waals surface area contributed by atoms with E-state index in [1.165, 1.54) is 0 Å². The SMILES string of the molecule is CCOc1cncc(-c2ccc(CN3CCN(c4ccc(C(=O)N(CC)CC)nn4)CC3)c(OC)c2)c1. The first-order valence-electron chi connectivity index (χ1n) is 12.9. The molecule has 0 unspecified atom stereocenters. The van der Waals surface area contributed by atoms with Gasteiger partial charge >= 0.3 is 0 Å². The van der Waals surface area contributed by atoms with E-state index in [-0.39, 0.29) is 5.91 Å². The van der Waals surface area contributed by atoms with Gasteiger partial charge in [0.1, 0.15) is 11.5 Å². The lowest BCUT2D eigenvalue weighted by Crippen LogP contribution is -2.46. The summed E-state index contributed by atoms with van der Waals surface area (Å²) in [5.74, 6) is 2.35. The quantitative estimate of drug-likeness (QED) is 0.413. The molecule has 196 valence electrons. The Labute approximate surface area is 219 Å². The first-order valence-corrected chi connectivity index (χ1v) is 12.9. The Morgan fingerprint density at radius 2 is 1.73 bits per heavy atom. The minimum atomic E-state index is -0.0768. The van der Waals surface area contributed by atoms with Crippen LogP contribution < -0.4 is 14.4 Å². The van der Waals surface area contributed by atoms with Crippen molar-refractivity contribution in [2.75, 3.05) is 57.9 Å². The molecule has 2 aromatic heterocycles. The molecule has 0 radical (unpaired) electrons. The van der Waals surface area contributed by atoms with E-state index < -0.39 is 0 Å². The molecular formula is C28H36N6O3. The number of anilines is 1. The summed E-state index contributed by atoms with van der Waals surface area (Å²) in [6.45, 7) is 12.1. The van der Waals surface area contributed by atoms with Gasteiger partial charge in [0.2, 0.25) is 0 Å². The largest absolute Gasteiger partial charge is 0.496 e. The zero-order chi connectivity index (χ0) is 26.2. The van der Waals surface area contributed by atoms with E-state index in [1.54, 1.807) is 24.3 Å². The van der Waals surface area contributed by atoms with Crippen LogP contribution in [0.3, 0.4) is 0 Å². The van der Waals surface area contributed by atoms with Crippen LogP contribution >= 0.6 is 0 Å². The first kappa shape index (κ1) is 26.3. The van der Waals surface area contributed by atoms with Crippen molar-refractivity contribution in [1.29, 1.82) is 0 Å². The van der Waals surface area contributed by atoms with E-state index in [0.717, 1.165) is 66.7 Å². The highest BCUT2D eigenvalue weighted by Gasteiger charge is 2.21. The maximum Gasteiger partial charge on any atom is 0.274 e. The number of pyridine rings is 1. The van der Waals surface area contributed by atoms with Gasteiger partial charge in [-0.15, -0.1) is 10.2 Å². The number of piperazine rings is 1. The molecule has 4 rings (SSSR count). The molecule has 9 heteroatoms. The van der Waals surface area contributed by atoms with Crippen LogP contribution in [0.15, 0.2) is 48.8 Å². The van der Waals surface area contributed by atoms with Gasteiger partial charge in [0.25, 0.3) is 5.91 Å². The molecule has 9 nitrogen and oxygen atoms in total. The van der Waals surface area contributed by atoms with Gasteiger partial charge < -0.3 is 19.3 Å². The Balaban J connectivity index is 1.36. The number of hydrogen-bond acceptors (Lipinski definition) is 8. The van der Waals surface area contributed by atoms with Gasteiger partial charge in [-0.05, 0) is 50.6 Å². The number of methoxy groups -OCH3 is 1. The third kappa shape index (κ3) is 6.35. The normalized spacial score (nSPS) is 13.9. The molecule has 0 atom stereocenters. The maximum absolute atomic E-state index is 12.5. The maximum atomic E-state index is 12.5. The molecule has 37 heavy (non-hydrogen) atoms. The predicted octanol–water partition coefficient (Wildman–Crippen LogP) is 3.75. The highest BCUT2D eigenvalue weighted by atomic mass is 16.5. The summed E-state index contributed by atoms with van der Waals surface area (Å²) in [6, 6.07) is 12.0. The van der Waals surface area contributed by atoms with Crippen molar-refractivity contribution in [2.45, 2.75) is 27.3 Å². The van der Waals surface area contributed by atoms with Gasteiger partial charge in [0, 0.05) is 63.1 Å². The van der Waals surface area contributed by atoms with E-state index in [2.05, 4.69) is 43.2 Å². The van der Waals surface area contributed by atoms with Gasteiger partial charge in [0.15, 0.2) is 11.5 Å². The molecule has 1 aliphatic heterocycles. The van der Waals surface area contributed by atoms with E-state index >= 15 is 0 Å². The number of rotatable bonds is 10.